The number of rotatable bonds is 10. The first-order chi connectivity index (χ1) is 12.9. The maximum Gasteiger partial charge on any atom is 0.335 e. The lowest BCUT2D eigenvalue weighted by molar-refractivity contribution is -0.128. The molecule has 1 amide bonds. The minimum absolute atomic E-state index is 0.0375. The molecule has 1 heterocycles. The van der Waals surface area contributed by atoms with Gasteiger partial charge in [-0.15, -0.1) is 0 Å². The molecule has 0 saturated carbocycles. The Balaban J connectivity index is 1.86. The maximum absolute atomic E-state index is 12.2. The van der Waals surface area contributed by atoms with Gasteiger partial charge in [-0.1, -0.05) is 51.0 Å². The van der Waals surface area contributed by atoms with E-state index in [0.717, 1.165) is 31.2 Å². The van der Waals surface area contributed by atoms with Crippen molar-refractivity contribution in [2.24, 2.45) is 5.92 Å². The van der Waals surface area contributed by atoms with Crippen LogP contribution in [0.25, 0.3) is 0 Å². The van der Waals surface area contributed by atoms with E-state index in [1.165, 1.54) is 0 Å². The molecule has 2 N–H and O–H groups in total. The van der Waals surface area contributed by atoms with Gasteiger partial charge < -0.3 is 15.1 Å². The van der Waals surface area contributed by atoms with E-state index in [1.807, 2.05) is 17.1 Å². The Morgan fingerprint density at radius 2 is 1.96 bits per heavy atom. The molecule has 1 aromatic rings. The number of carboxylic acids is 1. The van der Waals surface area contributed by atoms with E-state index in [9.17, 15) is 14.7 Å². The SMILES string of the molecule is CC(C)CCCC(O)C=CC1CCC(=O)N1CCc1ccc(C(=O)O)cc1. The molecular weight excluding hydrogens is 342 g/mol. The van der Waals surface area contributed by atoms with Gasteiger partial charge in [0.2, 0.25) is 5.91 Å². The van der Waals surface area contributed by atoms with E-state index in [0.29, 0.717) is 25.3 Å². The number of hydrogen-bond donors (Lipinski definition) is 2. The zero-order valence-corrected chi connectivity index (χ0v) is 16.3. The van der Waals surface area contributed by atoms with Crippen LogP contribution in [0.3, 0.4) is 0 Å². The van der Waals surface area contributed by atoms with Gasteiger partial charge in [0.05, 0.1) is 17.7 Å². The predicted octanol–water partition coefficient (Wildman–Crippen LogP) is 3.66. The van der Waals surface area contributed by atoms with Gasteiger partial charge in [0.25, 0.3) is 0 Å². The van der Waals surface area contributed by atoms with E-state index in [-0.39, 0.29) is 17.5 Å². The maximum atomic E-state index is 12.2. The van der Waals surface area contributed by atoms with Gasteiger partial charge in [-0.05, 0) is 42.9 Å². The molecule has 0 spiro atoms. The predicted molar refractivity (Wildman–Crippen MR) is 106 cm³/mol. The highest BCUT2D eigenvalue weighted by Crippen LogP contribution is 2.21. The van der Waals surface area contributed by atoms with Gasteiger partial charge in [-0.25, -0.2) is 4.79 Å². The summed E-state index contributed by atoms with van der Waals surface area (Å²) in [5.74, 6) is -0.150. The van der Waals surface area contributed by atoms with Gasteiger partial charge in [0, 0.05) is 13.0 Å². The number of carboxylic acid groups (broad SMARTS) is 1. The van der Waals surface area contributed by atoms with Gasteiger partial charge in [-0.3, -0.25) is 4.79 Å². The Morgan fingerprint density at radius 1 is 1.26 bits per heavy atom. The Bertz CT molecular complexity index is 651. The third kappa shape index (κ3) is 6.83. The highest BCUT2D eigenvalue weighted by atomic mass is 16.4. The third-order valence-corrected chi connectivity index (χ3v) is 5.05. The molecule has 1 aliphatic heterocycles. The number of nitrogens with zero attached hydrogens (tertiary/aromatic N) is 1. The average molecular weight is 373 g/mol. The van der Waals surface area contributed by atoms with Crippen LogP contribution in [0.4, 0.5) is 0 Å². The van der Waals surface area contributed by atoms with E-state index in [4.69, 9.17) is 5.11 Å². The molecule has 1 aromatic carbocycles. The van der Waals surface area contributed by atoms with Crippen LogP contribution in [0.5, 0.6) is 0 Å². The molecule has 5 heteroatoms. The van der Waals surface area contributed by atoms with Gasteiger partial charge in [0.15, 0.2) is 0 Å². The monoisotopic (exact) mass is 373 g/mol. The van der Waals surface area contributed by atoms with E-state index < -0.39 is 12.1 Å². The number of likely N-dealkylation sites (tertiary alicyclic amines) is 1. The number of amides is 1. The summed E-state index contributed by atoms with van der Waals surface area (Å²) in [6, 6.07) is 6.82. The first kappa shape index (κ1) is 21.2. The van der Waals surface area contributed by atoms with Gasteiger partial charge >= 0.3 is 5.97 Å². The number of carbonyl (C=O) groups excluding carboxylic acids is 1. The summed E-state index contributed by atoms with van der Waals surface area (Å²) in [6.45, 7) is 4.96. The quantitative estimate of drug-likeness (QED) is 0.614. The molecule has 0 bridgehead atoms. The zero-order chi connectivity index (χ0) is 19.8. The lowest BCUT2D eigenvalue weighted by atomic mass is 10.0. The van der Waals surface area contributed by atoms with Crippen molar-refractivity contribution in [3.63, 3.8) is 0 Å². The van der Waals surface area contributed by atoms with E-state index in [1.54, 1.807) is 24.3 Å². The second-order valence-corrected chi connectivity index (χ2v) is 7.72. The smallest absolute Gasteiger partial charge is 0.335 e. The molecule has 0 aliphatic carbocycles. The molecule has 0 radical (unpaired) electrons. The van der Waals surface area contributed by atoms with E-state index in [2.05, 4.69) is 13.8 Å². The van der Waals surface area contributed by atoms with Crippen molar-refractivity contribution in [1.29, 1.82) is 0 Å². The van der Waals surface area contributed by atoms with Crippen molar-refractivity contribution in [3.05, 3.63) is 47.5 Å². The van der Waals surface area contributed by atoms with Crippen LogP contribution in [0, 0.1) is 5.92 Å². The summed E-state index contributed by atoms with van der Waals surface area (Å²) >= 11 is 0. The number of aliphatic hydroxyl groups excluding tert-OH is 1. The Morgan fingerprint density at radius 3 is 2.59 bits per heavy atom. The summed E-state index contributed by atoms with van der Waals surface area (Å²) < 4.78 is 0. The molecule has 1 fully saturated rings. The lowest BCUT2D eigenvalue weighted by Crippen LogP contribution is -2.33. The van der Waals surface area contributed by atoms with Crippen LogP contribution < -0.4 is 0 Å². The summed E-state index contributed by atoms with van der Waals surface area (Å²) in [6.07, 6.45) is 8.23. The number of carbonyl (C=O) groups is 2. The molecule has 148 valence electrons. The number of benzene rings is 1. The lowest BCUT2D eigenvalue weighted by Gasteiger charge is -2.23. The molecule has 2 rings (SSSR count). The Labute approximate surface area is 161 Å². The van der Waals surface area contributed by atoms with Crippen molar-refractivity contribution >= 4 is 11.9 Å². The first-order valence-corrected chi connectivity index (χ1v) is 9.85. The second kappa shape index (κ2) is 10.3. The van der Waals surface area contributed by atoms with Gasteiger partial charge in [0.1, 0.15) is 0 Å². The summed E-state index contributed by atoms with van der Waals surface area (Å²) in [4.78, 5) is 25.0. The fraction of sp³-hybridized carbons (Fsp3) is 0.545. The van der Waals surface area contributed by atoms with Crippen molar-refractivity contribution in [1.82, 2.24) is 4.90 Å². The number of hydrogen-bond acceptors (Lipinski definition) is 3. The van der Waals surface area contributed by atoms with Crippen molar-refractivity contribution in [2.45, 2.75) is 64.5 Å². The zero-order valence-electron chi connectivity index (χ0n) is 16.3. The third-order valence-electron chi connectivity index (χ3n) is 5.05. The molecule has 1 aliphatic rings. The van der Waals surface area contributed by atoms with Crippen LogP contribution in [0.2, 0.25) is 0 Å². The first-order valence-electron chi connectivity index (χ1n) is 9.85. The van der Waals surface area contributed by atoms with Crippen LogP contribution in [-0.4, -0.2) is 45.7 Å². The molecular formula is C22H31NO4. The minimum Gasteiger partial charge on any atom is -0.478 e. The van der Waals surface area contributed by atoms with Crippen molar-refractivity contribution < 1.29 is 19.8 Å². The molecule has 2 atom stereocenters. The van der Waals surface area contributed by atoms with Crippen LogP contribution in [-0.2, 0) is 11.2 Å². The summed E-state index contributed by atoms with van der Waals surface area (Å²) in [5, 5.41) is 19.1. The fourth-order valence-electron chi connectivity index (χ4n) is 3.40. The highest BCUT2D eigenvalue weighted by molar-refractivity contribution is 5.87. The van der Waals surface area contributed by atoms with Gasteiger partial charge in [-0.2, -0.15) is 0 Å². The van der Waals surface area contributed by atoms with Crippen LogP contribution >= 0.6 is 0 Å². The number of aliphatic hydroxyl groups is 1. The normalized spacial score (nSPS) is 18.6. The van der Waals surface area contributed by atoms with Crippen LogP contribution in [0.1, 0.15) is 61.9 Å². The highest BCUT2D eigenvalue weighted by Gasteiger charge is 2.28. The average Bonchev–Trinajstić information content (AvgIpc) is 2.98. The summed E-state index contributed by atoms with van der Waals surface area (Å²) in [5.41, 5.74) is 1.28. The molecule has 27 heavy (non-hydrogen) atoms. The Hall–Kier alpha value is -2.14. The Kier molecular flexibility index (Phi) is 8.04. The minimum atomic E-state index is -0.937. The van der Waals surface area contributed by atoms with Crippen LogP contribution in [0.15, 0.2) is 36.4 Å². The van der Waals surface area contributed by atoms with Crippen molar-refractivity contribution in [2.75, 3.05) is 6.54 Å². The standard InChI is InChI=1S/C22H31NO4/c1-16(2)4-3-5-20(24)12-10-19-11-13-21(25)23(19)15-14-17-6-8-18(9-7-17)22(26)27/h6-10,12,16,19-20,24H,3-5,11,13-15H2,1-2H3,(H,26,27). The second-order valence-electron chi connectivity index (χ2n) is 7.72. The topological polar surface area (TPSA) is 77.8 Å². The molecule has 1 saturated heterocycles. The summed E-state index contributed by atoms with van der Waals surface area (Å²) in [7, 11) is 0. The van der Waals surface area contributed by atoms with E-state index >= 15 is 0 Å². The molecule has 5 nitrogen and oxygen atoms in total. The molecule has 2 unspecified atom stereocenters. The van der Waals surface area contributed by atoms with Crippen molar-refractivity contribution in [3.8, 4) is 0 Å². The molecule has 0 aromatic heterocycles. The fourth-order valence-corrected chi connectivity index (χ4v) is 3.40. The largest absolute Gasteiger partial charge is 0.478 e. The number of aromatic carboxylic acids is 1.